The third kappa shape index (κ3) is 7.05. The highest BCUT2D eigenvalue weighted by Gasteiger charge is 2.21. The first-order valence-electron chi connectivity index (χ1n) is 11.5. The molecule has 2 aromatic carbocycles. The molecule has 10 nitrogen and oxygen atoms in total. The van der Waals surface area contributed by atoms with Crippen molar-refractivity contribution in [2.75, 3.05) is 29.0 Å². The van der Waals surface area contributed by atoms with Crippen molar-refractivity contribution in [3.05, 3.63) is 86.8 Å². The Morgan fingerprint density at radius 1 is 1.06 bits per heavy atom. The molecule has 11 heteroatoms. The van der Waals surface area contributed by atoms with Crippen LogP contribution in [0.3, 0.4) is 0 Å². The maximum atomic E-state index is 13.0. The summed E-state index contributed by atoms with van der Waals surface area (Å²) in [6.45, 7) is 1.82. The number of unbranched alkanes of at least 4 members (excludes halogenated alkanes) is 1. The molecule has 1 heterocycles. The van der Waals surface area contributed by atoms with Crippen molar-refractivity contribution in [1.82, 2.24) is 14.9 Å². The largest absolute Gasteiger partial charge is 0.383 e. The average Bonchev–Trinajstić information content (AvgIpc) is 2.84. The van der Waals surface area contributed by atoms with Crippen LogP contribution in [-0.2, 0) is 22.7 Å². The van der Waals surface area contributed by atoms with E-state index in [1.807, 2.05) is 37.3 Å². The first kappa shape index (κ1) is 26.2. The number of amides is 2. The number of anilines is 3. The Morgan fingerprint density at radius 2 is 1.75 bits per heavy atom. The van der Waals surface area contributed by atoms with Gasteiger partial charge < -0.3 is 21.3 Å². The highest BCUT2D eigenvalue weighted by Crippen LogP contribution is 2.19. The van der Waals surface area contributed by atoms with Gasteiger partial charge in [-0.2, -0.15) is 0 Å². The van der Waals surface area contributed by atoms with E-state index in [9.17, 15) is 23.6 Å². The minimum atomic E-state index is -0.706. The fourth-order valence-corrected chi connectivity index (χ4v) is 3.59. The van der Waals surface area contributed by atoms with E-state index in [0.29, 0.717) is 18.7 Å². The smallest absolute Gasteiger partial charge is 0.330 e. The second kappa shape index (κ2) is 12.3. The van der Waals surface area contributed by atoms with Crippen LogP contribution < -0.4 is 32.5 Å². The van der Waals surface area contributed by atoms with Crippen molar-refractivity contribution in [3.63, 3.8) is 0 Å². The number of H-pyrrole nitrogens is 1. The Balaban J connectivity index is 1.78. The summed E-state index contributed by atoms with van der Waals surface area (Å²) >= 11 is 0. The van der Waals surface area contributed by atoms with E-state index in [1.165, 1.54) is 33.7 Å². The molecule has 0 bridgehead atoms. The molecule has 0 aliphatic rings. The number of nitrogen functional groups attached to an aromatic ring is 1. The number of hydrogen-bond donors (Lipinski definition) is 4. The molecule has 190 valence electrons. The van der Waals surface area contributed by atoms with Crippen molar-refractivity contribution in [2.45, 2.75) is 32.9 Å². The lowest BCUT2D eigenvalue weighted by molar-refractivity contribution is -0.123. The Hall–Kier alpha value is -4.41. The van der Waals surface area contributed by atoms with E-state index in [4.69, 9.17) is 5.73 Å². The summed E-state index contributed by atoms with van der Waals surface area (Å²) in [5.41, 5.74) is 6.13. The first-order chi connectivity index (χ1) is 17.3. The van der Waals surface area contributed by atoms with Gasteiger partial charge in [-0.25, -0.2) is 9.18 Å². The van der Waals surface area contributed by atoms with Crippen molar-refractivity contribution in [3.8, 4) is 0 Å². The van der Waals surface area contributed by atoms with Gasteiger partial charge in [-0.15, -0.1) is 0 Å². The number of hydrogen-bond acceptors (Lipinski definition) is 6. The van der Waals surface area contributed by atoms with Crippen molar-refractivity contribution < 1.29 is 14.0 Å². The summed E-state index contributed by atoms with van der Waals surface area (Å²) in [4.78, 5) is 53.8. The number of carbonyl (C=O) groups excluding carboxylic acids is 2. The predicted octanol–water partition coefficient (Wildman–Crippen LogP) is 1.82. The minimum Gasteiger partial charge on any atom is -0.383 e. The molecule has 0 aliphatic heterocycles. The number of halogens is 1. The zero-order valence-corrected chi connectivity index (χ0v) is 19.9. The molecule has 0 aliphatic carbocycles. The molecule has 3 rings (SSSR count). The number of nitrogens with one attached hydrogen (secondary N) is 3. The maximum absolute atomic E-state index is 13.0. The lowest BCUT2D eigenvalue weighted by atomic mass is 10.2. The second-order valence-corrected chi connectivity index (χ2v) is 8.17. The Bertz CT molecular complexity index is 1300. The van der Waals surface area contributed by atoms with Crippen molar-refractivity contribution >= 4 is 29.0 Å². The topological polar surface area (TPSA) is 142 Å². The van der Waals surface area contributed by atoms with Gasteiger partial charge in [-0.1, -0.05) is 43.7 Å². The van der Waals surface area contributed by atoms with Crippen LogP contribution in [-0.4, -0.2) is 34.5 Å². The molecule has 3 aromatic rings. The van der Waals surface area contributed by atoms with Crippen molar-refractivity contribution in [2.24, 2.45) is 0 Å². The van der Waals surface area contributed by atoms with E-state index in [2.05, 4.69) is 15.6 Å². The highest BCUT2D eigenvalue weighted by atomic mass is 19.1. The maximum Gasteiger partial charge on any atom is 0.330 e. The molecule has 0 radical (unpaired) electrons. The average molecular weight is 497 g/mol. The molecular formula is C25H29FN6O4. The number of aromatic nitrogens is 2. The number of aromatic amines is 1. The molecule has 0 spiro atoms. The summed E-state index contributed by atoms with van der Waals surface area (Å²) in [5, 5.41) is 5.06. The molecule has 0 unspecified atom stereocenters. The fraction of sp³-hybridized carbons (Fsp3) is 0.280. The summed E-state index contributed by atoms with van der Waals surface area (Å²) in [7, 11) is 0. The zero-order valence-electron chi connectivity index (χ0n) is 19.9. The SMILES string of the molecule is CCCCn1c(N)c(N(CC(=O)NCC(=O)Nc2ccc(F)cc2)Cc2ccccc2)c(=O)[nH]c1=O. The van der Waals surface area contributed by atoms with E-state index >= 15 is 0 Å². The first-order valence-corrected chi connectivity index (χ1v) is 11.5. The lowest BCUT2D eigenvalue weighted by Crippen LogP contribution is -2.44. The van der Waals surface area contributed by atoms with Crippen LogP contribution in [0.5, 0.6) is 0 Å². The van der Waals surface area contributed by atoms with Gasteiger partial charge in [0.2, 0.25) is 11.8 Å². The molecule has 0 atom stereocenters. The third-order valence-corrected chi connectivity index (χ3v) is 5.39. The van der Waals surface area contributed by atoms with Gasteiger partial charge in [-0.05, 0) is 36.2 Å². The van der Waals surface area contributed by atoms with E-state index in [1.54, 1.807) is 0 Å². The van der Waals surface area contributed by atoms with Crippen LogP contribution in [0.2, 0.25) is 0 Å². The molecule has 36 heavy (non-hydrogen) atoms. The van der Waals surface area contributed by atoms with Gasteiger partial charge in [0.05, 0.1) is 13.1 Å². The minimum absolute atomic E-state index is 0.000435. The second-order valence-electron chi connectivity index (χ2n) is 8.17. The van der Waals surface area contributed by atoms with E-state index in [-0.39, 0.29) is 31.1 Å². The number of nitrogens with two attached hydrogens (primary N) is 1. The van der Waals surface area contributed by atoms with Gasteiger partial charge in [-0.3, -0.25) is 23.9 Å². The monoisotopic (exact) mass is 496 g/mol. The van der Waals surface area contributed by atoms with Crippen LogP contribution in [0.25, 0.3) is 0 Å². The van der Waals surface area contributed by atoms with Crippen LogP contribution in [0, 0.1) is 5.82 Å². The Labute approximate surface area is 206 Å². The van der Waals surface area contributed by atoms with Gasteiger partial charge in [0, 0.05) is 18.8 Å². The Kier molecular flexibility index (Phi) is 8.98. The van der Waals surface area contributed by atoms with Crippen molar-refractivity contribution in [1.29, 1.82) is 0 Å². The van der Waals surface area contributed by atoms with Gasteiger partial charge in [0.1, 0.15) is 17.3 Å². The van der Waals surface area contributed by atoms with Gasteiger partial charge >= 0.3 is 5.69 Å². The standard InChI is InChI=1S/C25H29FN6O4/c1-2-3-13-32-23(27)22(24(35)30-25(32)36)31(15-17-7-5-4-6-8-17)16-21(34)28-14-20(33)29-19-11-9-18(26)10-12-19/h4-12H,2-3,13-16,27H2,1H3,(H,28,34)(H,29,33)(H,30,35,36). The summed E-state index contributed by atoms with van der Waals surface area (Å²) < 4.78 is 14.3. The van der Waals surface area contributed by atoms with Gasteiger partial charge in [0.25, 0.3) is 5.56 Å². The van der Waals surface area contributed by atoms with E-state index in [0.717, 1.165) is 12.0 Å². The third-order valence-electron chi connectivity index (χ3n) is 5.39. The number of carbonyl (C=O) groups is 2. The number of nitrogens with zero attached hydrogens (tertiary/aromatic N) is 2. The molecule has 2 amide bonds. The fourth-order valence-electron chi connectivity index (χ4n) is 3.59. The van der Waals surface area contributed by atoms with Gasteiger partial charge in [0.15, 0.2) is 0 Å². The molecular weight excluding hydrogens is 467 g/mol. The quantitative estimate of drug-likeness (QED) is 0.319. The summed E-state index contributed by atoms with van der Waals surface area (Å²) in [5.74, 6) is -1.51. The Morgan fingerprint density at radius 3 is 2.42 bits per heavy atom. The zero-order chi connectivity index (χ0) is 26.1. The molecule has 5 N–H and O–H groups in total. The molecule has 1 aromatic heterocycles. The summed E-state index contributed by atoms with van der Waals surface area (Å²) in [6.07, 6.45) is 1.49. The molecule has 0 saturated carbocycles. The predicted molar refractivity (Wildman–Crippen MR) is 136 cm³/mol. The van der Waals surface area contributed by atoms with Crippen LogP contribution in [0.15, 0.2) is 64.2 Å². The lowest BCUT2D eigenvalue weighted by Gasteiger charge is -2.26. The van der Waals surface area contributed by atoms with Crippen LogP contribution in [0.1, 0.15) is 25.3 Å². The number of benzene rings is 2. The van der Waals surface area contributed by atoms with Crippen LogP contribution in [0.4, 0.5) is 21.6 Å². The highest BCUT2D eigenvalue weighted by molar-refractivity contribution is 5.95. The molecule has 0 saturated heterocycles. The molecule has 0 fully saturated rings. The van der Waals surface area contributed by atoms with E-state index < -0.39 is 28.9 Å². The number of rotatable bonds is 11. The van der Waals surface area contributed by atoms with Crippen LogP contribution >= 0.6 is 0 Å². The normalized spacial score (nSPS) is 10.6. The summed E-state index contributed by atoms with van der Waals surface area (Å²) in [6, 6.07) is 14.4.